The third kappa shape index (κ3) is 1.35. The third-order valence-electron chi connectivity index (χ3n) is 2.87. The van der Waals surface area contributed by atoms with Crippen LogP contribution in [0.3, 0.4) is 0 Å². The predicted octanol–water partition coefficient (Wildman–Crippen LogP) is 2.75. The second-order valence-electron chi connectivity index (χ2n) is 4.06. The molecule has 76 valence electrons. The monoisotopic (exact) mass is 256 g/mol. The highest BCUT2D eigenvalue weighted by Gasteiger charge is 2.44. The first-order valence-electron chi connectivity index (χ1n) is 4.67. The van der Waals surface area contributed by atoms with Crippen LogP contribution in [0.15, 0.2) is 10.5 Å². The van der Waals surface area contributed by atoms with E-state index < -0.39 is 5.60 Å². The fourth-order valence-electron chi connectivity index (χ4n) is 2.02. The molecule has 1 aliphatic carbocycles. The van der Waals surface area contributed by atoms with Crippen molar-refractivity contribution in [1.82, 2.24) is 0 Å². The molecule has 0 aliphatic heterocycles. The zero-order chi connectivity index (χ0) is 10.5. The summed E-state index contributed by atoms with van der Waals surface area (Å²) in [5.74, 6) is 0.244. The van der Waals surface area contributed by atoms with Gasteiger partial charge in [0.25, 0.3) is 0 Å². The SMILES string of the molecule is Cc1cc(O)c(Br)c(C)c1C1(O)CC1. The molecule has 1 aromatic rings. The van der Waals surface area contributed by atoms with Gasteiger partial charge in [0.05, 0.1) is 10.1 Å². The van der Waals surface area contributed by atoms with Crippen LogP contribution in [-0.2, 0) is 5.60 Å². The molecule has 2 N–H and O–H groups in total. The molecule has 0 amide bonds. The maximum absolute atomic E-state index is 10.1. The summed E-state index contributed by atoms with van der Waals surface area (Å²) in [5, 5.41) is 19.6. The highest BCUT2D eigenvalue weighted by Crippen LogP contribution is 2.50. The molecule has 0 spiro atoms. The number of phenols is 1. The van der Waals surface area contributed by atoms with Gasteiger partial charge in [-0.05, 0) is 65.4 Å². The molecule has 3 heteroatoms. The van der Waals surface area contributed by atoms with Crippen LogP contribution < -0.4 is 0 Å². The van der Waals surface area contributed by atoms with Gasteiger partial charge in [0, 0.05) is 0 Å². The zero-order valence-electron chi connectivity index (χ0n) is 8.26. The molecule has 14 heavy (non-hydrogen) atoms. The van der Waals surface area contributed by atoms with E-state index >= 15 is 0 Å². The Morgan fingerprint density at radius 2 is 1.93 bits per heavy atom. The number of rotatable bonds is 1. The van der Waals surface area contributed by atoms with Gasteiger partial charge in [-0.1, -0.05) is 0 Å². The molecular weight excluding hydrogens is 244 g/mol. The minimum Gasteiger partial charge on any atom is -0.507 e. The Hall–Kier alpha value is -0.540. The Kier molecular flexibility index (Phi) is 2.12. The van der Waals surface area contributed by atoms with E-state index in [-0.39, 0.29) is 5.75 Å². The molecule has 0 saturated heterocycles. The number of phenolic OH excluding ortho intramolecular Hbond substituents is 1. The van der Waals surface area contributed by atoms with E-state index in [1.807, 2.05) is 13.8 Å². The van der Waals surface area contributed by atoms with Crippen LogP contribution in [-0.4, -0.2) is 10.2 Å². The Labute approximate surface area is 91.7 Å². The van der Waals surface area contributed by atoms with E-state index in [1.54, 1.807) is 6.07 Å². The Balaban J connectivity index is 2.65. The molecule has 1 aliphatic rings. The number of halogens is 1. The van der Waals surface area contributed by atoms with Crippen molar-refractivity contribution in [3.05, 3.63) is 27.2 Å². The zero-order valence-corrected chi connectivity index (χ0v) is 9.85. The number of benzene rings is 1. The summed E-state index contributed by atoms with van der Waals surface area (Å²) < 4.78 is 0.693. The van der Waals surface area contributed by atoms with Crippen molar-refractivity contribution in [1.29, 1.82) is 0 Å². The van der Waals surface area contributed by atoms with Gasteiger partial charge in [-0.25, -0.2) is 0 Å². The van der Waals surface area contributed by atoms with Crippen LogP contribution in [0.5, 0.6) is 5.75 Å². The van der Waals surface area contributed by atoms with Crippen LogP contribution in [0.4, 0.5) is 0 Å². The standard InChI is InChI=1S/C11H13BrO2/c1-6-5-8(13)10(12)7(2)9(6)11(14)3-4-11/h5,13-14H,3-4H2,1-2H3. The third-order valence-corrected chi connectivity index (χ3v) is 3.87. The number of aryl methyl sites for hydroxylation is 1. The second kappa shape index (κ2) is 2.97. The first-order valence-corrected chi connectivity index (χ1v) is 5.46. The van der Waals surface area contributed by atoms with Gasteiger partial charge in [-0.15, -0.1) is 0 Å². The lowest BCUT2D eigenvalue weighted by Gasteiger charge is -2.17. The van der Waals surface area contributed by atoms with Gasteiger partial charge >= 0.3 is 0 Å². The van der Waals surface area contributed by atoms with Gasteiger partial charge in [0.2, 0.25) is 0 Å². The quantitative estimate of drug-likeness (QED) is 0.812. The summed E-state index contributed by atoms with van der Waals surface area (Å²) in [7, 11) is 0. The largest absolute Gasteiger partial charge is 0.507 e. The van der Waals surface area contributed by atoms with E-state index in [0.29, 0.717) is 4.47 Å². The van der Waals surface area contributed by atoms with Crippen LogP contribution in [0, 0.1) is 13.8 Å². The maximum Gasteiger partial charge on any atom is 0.130 e. The smallest absolute Gasteiger partial charge is 0.130 e. The highest BCUT2D eigenvalue weighted by molar-refractivity contribution is 9.10. The lowest BCUT2D eigenvalue weighted by Crippen LogP contribution is -2.09. The second-order valence-corrected chi connectivity index (χ2v) is 4.85. The van der Waals surface area contributed by atoms with Crippen LogP contribution in [0.2, 0.25) is 0 Å². The molecule has 2 rings (SSSR count). The van der Waals surface area contributed by atoms with Crippen molar-refractivity contribution >= 4 is 15.9 Å². The van der Waals surface area contributed by atoms with Crippen molar-refractivity contribution in [2.75, 3.05) is 0 Å². The van der Waals surface area contributed by atoms with Gasteiger partial charge in [-0.3, -0.25) is 0 Å². The molecule has 0 atom stereocenters. The normalized spacial score (nSPS) is 18.3. The topological polar surface area (TPSA) is 40.5 Å². The molecule has 2 nitrogen and oxygen atoms in total. The van der Waals surface area contributed by atoms with E-state index in [2.05, 4.69) is 15.9 Å². The maximum atomic E-state index is 10.1. The molecule has 0 bridgehead atoms. The average molecular weight is 257 g/mol. The summed E-state index contributed by atoms with van der Waals surface area (Å²) in [6.07, 6.45) is 1.65. The molecule has 0 radical (unpaired) electrons. The molecule has 0 aromatic heterocycles. The number of aromatic hydroxyl groups is 1. The lowest BCUT2D eigenvalue weighted by molar-refractivity contribution is 0.150. The van der Waals surface area contributed by atoms with Crippen molar-refractivity contribution in [3.8, 4) is 5.75 Å². The van der Waals surface area contributed by atoms with Crippen molar-refractivity contribution in [2.24, 2.45) is 0 Å². The van der Waals surface area contributed by atoms with E-state index in [1.165, 1.54) is 0 Å². The van der Waals surface area contributed by atoms with E-state index in [4.69, 9.17) is 0 Å². The van der Waals surface area contributed by atoms with Gasteiger partial charge < -0.3 is 10.2 Å². The highest BCUT2D eigenvalue weighted by atomic mass is 79.9. The van der Waals surface area contributed by atoms with Crippen LogP contribution >= 0.6 is 15.9 Å². The van der Waals surface area contributed by atoms with E-state index in [0.717, 1.165) is 29.5 Å². The summed E-state index contributed by atoms with van der Waals surface area (Å²) in [6.45, 7) is 3.84. The van der Waals surface area contributed by atoms with Gasteiger partial charge in [0.15, 0.2) is 0 Å². The molecule has 1 aromatic carbocycles. The molecular formula is C11H13BrO2. The first-order chi connectivity index (χ1) is 6.46. The Morgan fingerprint density at radius 3 is 2.43 bits per heavy atom. The predicted molar refractivity (Wildman–Crippen MR) is 58.4 cm³/mol. The summed E-state index contributed by atoms with van der Waals surface area (Å²) in [4.78, 5) is 0. The van der Waals surface area contributed by atoms with Crippen molar-refractivity contribution in [2.45, 2.75) is 32.3 Å². The summed E-state index contributed by atoms with van der Waals surface area (Å²) >= 11 is 3.32. The van der Waals surface area contributed by atoms with Crippen LogP contribution in [0.25, 0.3) is 0 Å². The minimum absolute atomic E-state index is 0.244. The van der Waals surface area contributed by atoms with Crippen molar-refractivity contribution in [3.63, 3.8) is 0 Å². The molecule has 1 saturated carbocycles. The fraction of sp³-hybridized carbons (Fsp3) is 0.455. The number of hydrogen-bond donors (Lipinski definition) is 2. The Morgan fingerprint density at radius 1 is 1.36 bits per heavy atom. The molecule has 0 heterocycles. The number of hydrogen-bond acceptors (Lipinski definition) is 2. The molecule has 0 unspecified atom stereocenters. The minimum atomic E-state index is -0.635. The van der Waals surface area contributed by atoms with Crippen molar-refractivity contribution < 1.29 is 10.2 Å². The fourth-order valence-corrected chi connectivity index (χ4v) is 2.34. The summed E-state index contributed by atoms with van der Waals surface area (Å²) in [6, 6.07) is 1.70. The number of aliphatic hydroxyl groups is 1. The van der Waals surface area contributed by atoms with Gasteiger partial charge in [0.1, 0.15) is 5.75 Å². The van der Waals surface area contributed by atoms with Gasteiger partial charge in [-0.2, -0.15) is 0 Å². The summed E-state index contributed by atoms with van der Waals surface area (Å²) in [5.41, 5.74) is 2.25. The lowest BCUT2D eigenvalue weighted by atomic mass is 9.96. The van der Waals surface area contributed by atoms with E-state index in [9.17, 15) is 10.2 Å². The first kappa shape index (κ1) is 9.99. The van der Waals surface area contributed by atoms with Crippen LogP contribution in [0.1, 0.15) is 29.5 Å². The Bertz CT molecular complexity index is 395. The molecule has 1 fully saturated rings. The average Bonchev–Trinajstić information content (AvgIpc) is 2.80.